The molecule has 0 saturated carbocycles. The Labute approximate surface area is 168 Å². The second-order valence-corrected chi connectivity index (χ2v) is 7.38. The Kier molecular flexibility index (Phi) is 5.16. The lowest BCUT2D eigenvalue weighted by Crippen LogP contribution is -2.14. The zero-order chi connectivity index (χ0) is 20.4. The summed E-state index contributed by atoms with van der Waals surface area (Å²) in [6, 6.07) is 10.1. The summed E-state index contributed by atoms with van der Waals surface area (Å²) in [5, 5.41) is 11.0. The number of nitrogens with one attached hydrogen (secondary N) is 1. The molecule has 0 spiro atoms. The SMILES string of the molecule is NC(=O)c1n[nH]c2c1CCC2.NC(=O)c1nn(Cc2ccccc2)c2c1CCC2. The van der Waals surface area contributed by atoms with Crippen LogP contribution in [0.1, 0.15) is 61.9 Å². The maximum atomic E-state index is 11.4. The highest BCUT2D eigenvalue weighted by molar-refractivity contribution is 5.93. The number of benzene rings is 1. The van der Waals surface area contributed by atoms with Gasteiger partial charge in [0.15, 0.2) is 11.4 Å². The van der Waals surface area contributed by atoms with E-state index in [1.54, 1.807) is 0 Å². The predicted octanol–water partition coefficient (Wildman–Crippen LogP) is 1.52. The van der Waals surface area contributed by atoms with E-state index in [1.807, 2.05) is 22.9 Å². The van der Waals surface area contributed by atoms with Crippen LogP contribution in [0.4, 0.5) is 0 Å². The molecule has 0 atom stereocenters. The first-order valence-corrected chi connectivity index (χ1v) is 9.82. The van der Waals surface area contributed by atoms with Crippen LogP contribution in [0.25, 0.3) is 0 Å². The van der Waals surface area contributed by atoms with E-state index in [-0.39, 0.29) is 0 Å². The molecular formula is C21H24N6O2. The average molecular weight is 392 g/mol. The standard InChI is InChI=1S/C14H15N3O.C7H9N3O/c15-14(18)13-11-7-4-8-12(11)17(16-13)9-10-5-2-1-3-6-10;8-7(11)6-4-2-1-3-5(4)9-10-6/h1-3,5-6H,4,7-9H2,(H2,15,18);1-3H2,(H2,8,11)(H,9,10). The van der Waals surface area contributed by atoms with Crippen molar-refractivity contribution in [3.05, 3.63) is 69.8 Å². The number of aryl methyl sites for hydroxylation is 1. The molecule has 0 radical (unpaired) electrons. The number of hydrogen-bond donors (Lipinski definition) is 3. The highest BCUT2D eigenvalue weighted by atomic mass is 16.1. The lowest BCUT2D eigenvalue weighted by molar-refractivity contribution is 0.0986. The normalized spacial score (nSPS) is 14.1. The van der Waals surface area contributed by atoms with E-state index < -0.39 is 11.8 Å². The molecule has 1 aromatic carbocycles. The molecule has 5 N–H and O–H groups in total. The van der Waals surface area contributed by atoms with E-state index in [2.05, 4.69) is 27.4 Å². The molecule has 0 unspecified atom stereocenters. The lowest BCUT2D eigenvalue weighted by Gasteiger charge is -2.05. The molecule has 2 aromatic heterocycles. The van der Waals surface area contributed by atoms with Gasteiger partial charge in [-0.2, -0.15) is 10.2 Å². The number of aromatic amines is 1. The Hall–Kier alpha value is -3.42. The van der Waals surface area contributed by atoms with Gasteiger partial charge in [0.1, 0.15) is 0 Å². The molecule has 0 saturated heterocycles. The van der Waals surface area contributed by atoms with Crippen LogP contribution in [0.5, 0.6) is 0 Å². The van der Waals surface area contributed by atoms with Gasteiger partial charge < -0.3 is 11.5 Å². The summed E-state index contributed by atoms with van der Waals surface area (Å²) >= 11 is 0. The first kappa shape index (κ1) is 18.9. The van der Waals surface area contributed by atoms with Crippen molar-refractivity contribution in [1.82, 2.24) is 20.0 Å². The molecule has 2 aliphatic carbocycles. The maximum absolute atomic E-state index is 11.4. The van der Waals surface area contributed by atoms with Crippen LogP contribution in [-0.4, -0.2) is 31.8 Å². The quantitative estimate of drug-likeness (QED) is 0.621. The minimum Gasteiger partial charge on any atom is -0.364 e. The van der Waals surface area contributed by atoms with Gasteiger partial charge >= 0.3 is 0 Å². The van der Waals surface area contributed by atoms with Crippen molar-refractivity contribution < 1.29 is 9.59 Å². The molecule has 150 valence electrons. The van der Waals surface area contributed by atoms with Gasteiger partial charge in [-0.15, -0.1) is 0 Å². The van der Waals surface area contributed by atoms with Crippen LogP contribution in [0.15, 0.2) is 30.3 Å². The van der Waals surface area contributed by atoms with Gasteiger partial charge in [-0.3, -0.25) is 19.4 Å². The van der Waals surface area contributed by atoms with Crippen molar-refractivity contribution in [3.8, 4) is 0 Å². The van der Waals surface area contributed by atoms with Crippen LogP contribution in [0.3, 0.4) is 0 Å². The Balaban J connectivity index is 0.000000159. The number of hydrogen-bond acceptors (Lipinski definition) is 4. The van der Waals surface area contributed by atoms with E-state index in [0.29, 0.717) is 17.9 Å². The van der Waals surface area contributed by atoms with Gasteiger partial charge in [0.25, 0.3) is 11.8 Å². The van der Waals surface area contributed by atoms with Gasteiger partial charge in [-0.1, -0.05) is 30.3 Å². The first-order valence-electron chi connectivity index (χ1n) is 9.82. The predicted molar refractivity (Wildman–Crippen MR) is 107 cm³/mol. The molecular weight excluding hydrogens is 368 g/mol. The molecule has 2 heterocycles. The monoisotopic (exact) mass is 392 g/mol. The third-order valence-corrected chi connectivity index (χ3v) is 5.46. The number of nitrogens with zero attached hydrogens (tertiary/aromatic N) is 3. The molecule has 0 aliphatic heterocycles. The summed E-state index contributed by atoms with van der Waals surface area (Å²) in [6.07, 6.45) is 6.02. The summed E-state index contributed by atoms with van der Waals surface area (Å²) in [5.41, 5.74) is 16.9. The molecule has 0 bridgehead atoms. The van der Waals surface area contributed by atoms with Crippen LogP contribution in [-0.2, 0) is 32.2 Å². The van der Waals surface area contributed by atoms with Crippen LogP contribution >= 0.6 is 0 Å². The highest BCUT2D eigenvalue weighted by Crippen LogP contribution is 2.25. The van der Waals surface area contributed by atoms with E-state index in [0.717, 1.165) is 55.3 Å². The molecule has 5 rings (SSSR count). The second-order valence-electron chi connectivity index (χ2n) is 7.38. The minimum absolute atomic E-state index is 0.417. The summed E-state index contributed by atoms with van der Waals surface area (Å²) < 4.78 is 1.93. The number of aromatic nitrogens is 4. The van der Waals surface area contributed by atoms with Gasteiger partial charge in [0, 0.05) is 22.5 Å². The second kappa shape index (κ2) is 7.90. The molecule has 2 aliphatic rings. The van der Waals surface area contributed by atoms with E-state index >= 15 is 0 Å². The van der Waals surface area contributed by atoms with Crippen molar-refractivity contribution in [2.75, 3.05) is 0 Å². The van der Waals surface area contributed by atoms with Crippen molar-refractivity contribution in [2.45, 2.75) is 45.1 Å². The first-order chi connectivity index (χ1) is 14.0. The topological polar surface area (TPSA) is 133 Å². The maximum Gasteiger partial charge on any atom is 0.269 e. The summed E-state index contributed by atoms with van der Waals surface area (Å²) in [6.45, 7) is 0.705. The Morgan fingerprint density at radius 2 is 1.62 bits per heavy atom. The zero-order valence-corrected chi connectivity index (χ0v) is 16.1. The van der Waals surface area contributed by atoms with Crippen molar-refractivity contribution in [1.29, 1.82) is 0 Å². The number of carbonyl (C=O) groups excluding carboxylic acids is 2. The summed E-state index contributed by atoms with van der Waals surface area (Å²) in [5.74, 6) is -0.843. The lowest BCUT2D eigenvalue weighted by atomic mass is 10.2. The van der Waals surface area contributed by atoms with Crippen molar-refractivity contribution >= 4 is 11.8 Å². The molecule has 8 heteroatoms. The van der Waals surface area contributed by atoms with Crippen LogP contribution in [0.2, 0.25) is 0 Å². The number of amides is 2. The van der Waals surface area contributed by atoms with E-state index in [9.17, 15) is 9.59 Å². The minimum atomic E-state index is -0.426. The Morgan fingerprint density at radius 1 is 0.931 bits per heavy atom. The fourth-order valence-electron chi connectivity index (χ4n) is 4.12. The average Bonchev–Trinajstić information content (AvgIpc) is 3.45. The molecule has 2 amide bonds. The Bertz CT molecular complexity index is 1050. The van der Waals surface area contributed by atoms with Gasteiger partial charge in [0.2, 0.25) is 0 Å². The number of fused-ring (bicyclic) bond motifs is 2. The Morgan fingerprint density at radius 3 is 2.34 bits per heavy atom. The number of carbonyl (C=O) groups is 2. The smallest absolute Gasteiger partial charge is 0.269 e. The summed E-state index contributed by atoms with van der Waals surface area (Å²) in [4.78, 5) is 22.1. The summed E-state index contributed by atoms with van der Waals surface area (Å²) in [7, 11) is 0. The molecule has 8 nitrogen and oxygen atoms in total. The fourth-order valence-corrected chi connectivity index (χ4v) is 4.12. The van der Waals surface area contributed by atoms with E-state index in [4.69, 9.17) is 11.5 Å². The molecule has 3 aromatic rings. The van der Waals surface area contributed by atoms with Gasteiger partial charge in [-0.25, -0.2) is 0 Å². The number of nitrogens with two attached hydrogens (primary N) is 2. The largest absolute Gasteiger partial charge is 0.364 e. The third kappa shape index (κ3) is 3.78. The number of rotatable bonds is 4. The van der Waals surface area contributed by atoms with Crippen molar-refractivity contribution in [3.63, 3.8) is 0 Å². The number of primary amides is 2. The third-order valence-electron chi connectivity index (χ3n) is 5.46. The zero-order valence-electron chi connectivity index (χ0n) is 16.1. The van der Waals surface area contributed by atoms with E-state index in [1.165, 1.54) is 11.3 Å². The van der Waals surface area contributed by atoms with Gasteiger partial charge in [-0.05, 0) is 44.1 Å². The fraction of sp³-hybridized carbons (Fsp3) is 0.333. The highest BCUT2D eigenvalue weighted by Gasteiger charge is 2.25. The van der Waals surface area contributed by atoms with Gasteiger partial charge in [0.05, 0.1) is 6.54 Å². The van der Waals surface area contributed by atoms with Crippen LogP contribution in [0, 0.1) is 0 Å². The molecule has 29 heavy (non-hydrogen) atoms. The molecule has 0 fully saturated rings. The number of H-pyrrole nitrogens is 1. The van der Waals surface area contributed by atoms with Crippen molar-refractivity contribution in [2.24, 2.45) is 11.5 Å². The van der Waals surface area contributed by atoms with Crippen LogP contribution < -0.4 is 11.5 Å².